The summed E-state index contributed by atoms with van der Waals surface area (Å²) in [5.41, 5.74) is 1.01. The number of pyridine rings is 2. The van der Waals surface area contributed by atoms with E-state index in [-0.39, 0.29) is 28.6 Å². The first-order valence-electron chi connectivity index (χ1n) is 11.0. The molecular formula is C25H23BrN4O4. The molecule has 0 fully saturated rings. The summed E-state index contributed by atoms with van der Waals surface area (Å²) in [6.45, 7) is 4.27. The lowest BCUT2D eigenvalue weighted by Gasteiger charge is -2.15. The van der Waals surface area contributed by atoms with Crippen molar-refractivity contribution in [3.8, 4) is 0 Å². The number of halogens is 1. The Bertz CT molecular complexity index is 1540. The SMILES string of the molecule is CCCCn1c(=NC(=O)c2ccccc2Br)c(C(=O)OCC)cc2c(=O)n3ccccc3nc21. The molecule has 0 radical (unpaired) electrons. The maximum atomic E-state index is 13.3. The van der Waals surface area contributed by atoms with E-state index in [4.69, 9.17) is 4.74 Å². The van der Waals surface area contributed by atoms with E-state index in [1.165, 1.54) is 10.5 Å². The molecule has 0 aliphatic carbocycles. The first kappa shape index (κ1) is 23.6. The van der Waals surface area contributed by atoms with Gasteiger partial charge >= 0.3 is 5.97 Å². The molecule has 4 rings (SSSR count). The average Bonchev–Trinajstić information content (AvgIpc) is 2.83. The second kappa shape index (κ2) is 10.1. The second-order valence-corrected chi connectivity index (χ2v) is 8.44. The van der Waals surface area contributed by atoms with E-state index in [1.54, 1.807) is 60.2 Å². The van der Waals surface area contributed by atoms with Gasteiger partial charge in [0.05, 0.1) is 17.6 Å². The van der Waals surface area contributed by atoms with Crippen molar-refractivity contribution in [1.29, 1.82) is 0 Å². The van der Waals surface area contributed by atoms with Gasteiger partial charge in [-0.2, -0.15) is 4.99 Å². The molecule has 1 aromatic carbocycles. The smallest absolute Gasteiger partial charge is 0.341 e. The van der Waals surface area contributed by atoms with Crippen LogP contribution in [0.3, 0.4) is 0 Å². The zero-order chi connectivity index (χ0) is 24.2. The van der Waals surface area contributed by atoms with Gasteiger partial charge in [-0.3, -0.25) is 14.0 Å². The van der Waals surface area contributed by atoms with Crippen LogP contribution >= 0.6 is 15.9 Å². The number of carbonyl (C=O) groups is 2. The molecule has 9 heteroatoms. The van der Waals surface area contributed by atoms with Crippen molar-refractivity contribution >= 4 is 44.5 Å². The van der Waals surface area contributed by atoms with Crippen LogP contribution in [0.15, 0.2) is 69.0 Å². The molecule has 0 aliphatic rings. The molecule has 1 amide bonds. The molecule has 0 N–H and O–H groups in total. The standard InChI is InChI=1S/C25H23BrN4O4/c1-3-5-13-30-21-17(24(32)29-14-9-8-12-20(29)27-21)15-18(25(33)34-4-2)22(30)28-23(31)16-10-6-7-11-19(16)26/h6-12,14-15H,3-5,13H2,1-2H3. The fraction of sp³-hybridized carbons (Fsp3) is 0.240. The lowest BCUT2D eigenvalue weighted by Crippen LogP contribution is -2.33. The van der Waals surface area contributed by atoms with Crippen LogP contribution in [-0.4, -0.2) is 32.4 Å². The third-order valence-corrected chi connectivity index (χ3v) is 6.02. The van der Waals surface area contributed by atoms with Gasteiger partial charge in [0.25, 0.3) is 11.5 Å². The molecule has 34 heavy (non-hydrogen) atoms. The Morgan fingerprint density at radius 1 is 1.09 bits per heavy atom. The number of fused-ring (bicyclic) bond motifs is 2. The first-order chi connectivity index (χ1) is 16.5. The molecule has 0 unspecified atom stereocenters. The van der Waals surface area contributed by atoms with Gasteiger partial charge in [-0.1, -0.05) is 31.5 Å². The number of hydrogen-bond donors (Lipinski definition) is 0. The summed E-state index contributed by atoms with van der Waals surface area (Å²) in [5, 5.41) is 0.246. The Morgan fingerprint density at radius 2 is 1.85 bits per heavy atom. The van der Waals surface area contributed by atoms with Crippen molar-refractivity contribution in [2.45, 2.75) is 33.2 Å². The Labute approximate surface area is 203 Å². The summed E-state index contributed by atoms with van der Waals surface area (Å²) < 4.78 is 8.94. The van der Waals surface area contributed by atoms with Gasteiger partial charge in [0, 0.05) is 17.2 Å². The summed E-state index contributed by atoms with van der Waals surface area (Å²) in [4.78, 5) is 48.5. The minimum absolute atomic E-state index is 0.0423. The third kappa shape index (κ3) is 4.43. The molecule has 0 saturated heterocycles. The second-order valence-electron chi connectivity index (χ2n) is 7.59. The first-order valence-corrected chi connectivity index (χ1v) is 11.8. The van der Waals surface area contributed by atoms with E-state index in [9.17, 15) is 14.4 Å². The predicted octanol–water partition coefficient (Wildman–Crippen LogP) is 4.13. The van der Waals surface area contributed by atoms with Crippen molar-refractivity contribution in [3.05, 3.63) is 86.2 Å². The number of benzene rings is 1. The highest BCUT2D eigenvalue weighted by molar-refractivity contribution is 9.10. The van der Waals surface area contributed by atoms with E-state index in [1.807, 2.05) is 6.92 Å². The zero-order valence-electron chi connectivity index (χ0n) is 18.8. The number of hydrogen-bond acceptors (Lipinski definition) is 5. The maximum Gasteiger partial charge on any atom is 0.341 e. The molecular weight excluding hydrogens is 500 g/mol. The number of aromatic nitrogens is 3. The molecule has 0 aliphatic heterocycles. The van der Waals surface area contributed by atoms with Gasteiger partial charge in [-0.05, 0) is 59.6 Å². The molecule has 0 bridgehead atoms. The number of ether oxygens (including phenoxy) is 1. The Hall–Kier alpha value is -3.59. The number of nitrogens with zero attached hydrogens (tertiary/aromatic N) is 4. The van der Waals surface area contributed by atoms with Crippen molar-refractivity contribution in [1.82, 2.24) is 14.0 Å². The maximum absolute atomic E-state index is 13.3. The van der Waals surface area contributed by atoms with Gasteiger partial charge in [-0.15, -0.1) is 0 Å². The molecule has 8 nitrogen and oxygen atoms in total. The summed E-state index contributed by atoms with van der Waals surface area (Å²) in [6.07, 6.45) is 3.20. The Balaban J connectivity index is 2.13. The predicted molar refractivity (Wildman–Crippen MR) is 132 cm³/mol. The van der Waals surface area contributed by atoms with Crippen LogP contribution in [0.5, 0.6) is 0 Å². The lowest BCUT2D eigenvalue weighted by atomic mass is 10.2. The Morgan fingerprint density at radius 3 is 2.59 bits per heavy atom. The van der Waals surface area contributed by atoms with Crippen molar-refractivity contribution in [2.24, 2.45) is 4.99 Å². The van der Waals surface area contributed by atoms with Gasteiger partial charge < -0.3 is 9.30 Å². The minimum atomic E-state index is -0.661. The van der Waals surface area contributed by atoms with Crippen molar-refractivity contribution < 1.29 is 14.3 Å². The minimum Gasteiger partial charge on any atom is -0.462 e. The van der Waals surface area contributed by atoms with E-state index in [2.05, 4.69) is 25.9 Å². The van der Waals surface area contributed by atoms with Crippen molar-refractivity contribution in [3.63, 3.8) is 0 Å². The molecule has 0 spiro atoms. The average molecular weight is 523 g/mol. The van der Waals surface area contributed by atoms with Crippen LogP contribution in [0.4, 0.5) is 0 Å². The van der Waals surface area contributed by atoms with E-state index in [0.29, 0.717) is 27.9 Å². The quantitative estimate of drug-likeness (QED) is 0.280. The molecule has 4 aromatic rings. The van der Waals surface area contributed by atoms with Gasteiger partial charge in [0.15, 0.2) is 5.49 Å². The molecule has 0 saturated carbocycles. The van der Waals surface area contributed by atoms with Crippen molar-refractivity contribution in [2.75, 3.05) is 6.61 Å². The molecule has 3 aromatic heterocycles. The Kier molecular flexibility index (Phi) is 7.02. The van der Waals surface area contributed by atoms with Crippen LogP contribution in [0.2, 0.25) is 0 Å². The molecule has 174 valence electrons. The van der Waals surface area contributed by atoms with E-state index in [0.717, 1.165) is 12.8 Å². The summed E-state index contributed by atoms with van der Waals surface area (Å²) >= 11 is 3.38. The number of amides is 1. The van der Waals surface area contributed by atoms with Crippen LogP contribution in [0.1, 0.15) is 47.4 Å². The summed E-state index contributed by atoms with van der Waals surface area (Å²) in [6, 6.07) is 13.6. The highest BCUT2D eigenvalue weighted by Gasteiger charge is 2.20. The number of esters is 1. The van der Waals surface area contributed by atoms with Crippen LogP contribution < -0.4 is 11.0 Å². The number of aryl methyl sites for hydroxylation is 1. The fourth-order valence-corrected chi connectivity index (χ4v) is 4.13. The van der Waals surface area contributed by atoms with Crippen LogP contribution in [0, 0.1) is 0 Å². The lowest BCUT2D eigenvalue weighted by molar-refractivity contribution is 0.0523. The van der Waals surface area contributed by atoms with Gasteiger partial charge in [0.2, 0.25) is 0 Å². The van der Waals surface area contributed by atoms with Gasteiger partial charge in [0.1, 0.15) is 16.9 Å². The largest absolute Gasteiger partial charge is 0.462 e. The highest BCUT2D eigenvalue weighted by atomic mass is 79.9. The molecule has 3 heterocycles. The fourth-order valence-electron chi connectivity index (χ4n) is 3.68. The number of carbonyl (C=O) groups excluding carboxylic acids is 2. The van der Waals surface area contributed by atoms with E-state index < -0.39 is 11.9 Å². The van der Waals surface area contributed by atoms with Crippen LogP contribution in [0.25, 0.3) is 16.7 Å². The highest BCUT2D eigenvalue weighted by Crippen LogP contribution is 2.17. The van der Waals surface area contributed by atoms with Gasteiger partial charge in [-0.25, -0.2) is 9.78 Å². The number of unbranched alkanes of at least 4 members (excludes halogenated alkanes) is 1. The third-order valence-electron chi connectivity index (χ3n) is 5.33. The number of rotatable bonds is 6. The monoisotopic (exact) mass is 522 g/mol. The topological polar surface area (TPSA) is 95.0 Å². The van der Waals surface area contributed by atoms with Crippen LogP contribution in [-0.2, 0) is 11.3 Å². The summed E-state index contributed by atoms with van der Waals surface area (Å²) in [7, 11) is 0. The molecule has 0 atom stereocenters. The summed E-state index contributed by atoms with van der Waals surface area (Å²) in [5.74, 6) is -1.19. The van der Waals surface area contributed by atoms with E-state index >= 15 is 0 Å². The zero-order valence-corrected chi connectivity index (χ0v) is 20.4. The normalized spacial score (nSPS) is 11.8.